The fourth-order valence-corrected chi connectivity index (χ4v) is 7.70. The summed E-state index contributed by atoms with van der Waals surface area (Å²) in [5.74, 6) is 0.297. The van der Waals surface area contributed by atoms with Crippen LogP contribution in [0.25, 0.3) is 0 Å². The molecule has 2 spiro atoms. The van der Waals surface area contributed by atoms with Gasteiger partial charge in [-0.1, -0.05) is 20.8 Å². The minimum absolute atomic E-state index is 0.00808. The summed E-state index contributed by atoms with van der Waals surface area (Å²) in [6.07, 6.45) is 1.71. The van der Waals surface area contributed by atoms with Crippen LogP contribution in [0.5, 0.6) is 0 Å². The molecule has 7 rings (SSSR count). The number of epoxide rings is 3. The van der Waals surface area contributed by atoms with Crippen molar-refractivity contribution in [2.75, 3.05) is 6.61 Å². The Bertz CT molecular complexity index is 819. The normalized spacial score (nSPS) is 63.1. The standard InChI is InChI=1S/C20H24O6/c1-8(2)18-13(25-18)14-20(26-14)17(3)5-4-9-10(7-23-15(9)21)11(17)6-12-19(20,24-12)16(18)22/h8,11-14,16,22H,4-7H2,1-3H3/t11-,12-,13-,14-,16+,17?,18-,19+,20+/m0/s1. The average molecular weight is 360 g/mol. The third-order valence-corrected chi connectivity index (χ3v) is 9.10. The van der Waals surface area contributed by atoms with Crippen LogP contribution in [0.1, 0.15) is 40.0 Å². The van der Waals surface area contributed by atoms with E-state index >= 15 is 0 Å². The number of aliphatic hydroxyl groups excluding tert-OH is 1. The van der Waals surface area contributed by atoms with Gasteiger partial charge < -0.3 is 24.1 Å². The van der Waals surface area contributed by atoms with Crippen LogP contribution < -0.4 is 0 Å². The van der Waals surface area contributed by atoms with E-state index in [1.54, 1.807) is 0 Å². The molecule has 4 aliphatic heterocycles. The maximum Gasteiger partial charge on any atom is 0.334 e. The summed E-state index contributed by atoms with van der Waals surface area (Å²) in [6.45, 7) is 6.91. The van der Waals surface area contributed by atoms with Crippen LogP contribution in [0.3, 0.4) is 0 Å². The SMILES string of the molecule is CC(C)[C@]12O[C@H]1[C@@H]1O[C@@]13C1(C)CCC4=C(COC4=O)[C@@H]1C[C@@H]1O[C@@]13[C@@H]2O. The van der Waals surface area contributed by atoms with Crippen LogP contribution in [0.2, 0.25) is 0 Å². The van der Waals surface area contributed by atoms with E-state index in [9.17, 15) is 9.90 Å². The van der Waals surface area contributed by atoms with Crippen molar-refractivity contribution < 1.29 is 28.8 Å². The molecule has 6 nitrogen and oxygen atoms in total. The van der Waals surface area contributed by atoms with E-state index in [1.165, 1.54) is 0 Å². The molecule has 0 amide bonds. The molecule has 0 aromatic carbocycles. The second-order valence-corrected chi connectivity index (χ2v) is 9.91. The van der Waals surface area contributed by atoms with Crippen molar-refractivity contribution in [2.45, 2.75) is 81.3 Å². The van der Waals surface area contributed by atoms with Crippen LogP contribution in [0.4, 0.5) is 0 Å². The number of carbonyl (C=O) groups excluding carboxylic acids is 1. The smallest absolute Gasteiger partial charge is 0.334 e. The summed E-state index contributed by atoms with van der Waals surface area (Å²) >= 11 is 0. The summed E-state index contributed by atoms with van der Waals surface area (Å²) in [4.78, 5) is 12.1. The van der Waals surface area contributed by atoms with Gasteiger partial charge in [0.1, 0.15) is 36.1 Å². The van der Waals surface area contributed by atoms with Crippen molar-refractivity contribution in [3.63, 3.8) is 0 Å². The average Bonchev–Trinajstić information content (AvgIpc) is 3.47. The number of aliphatic hydroxyl groups is 1. The van der Waals surface area contributed by atoms with Crippen LogP contribution in [0.15, 0.2) is 11.1 Å². The number of hydrogen-bond acceptors (Lipinski definition) is 6. The summed E-state index contributed by atoms with van der Waals surface area (Å²) in [7, 11) is 0. The molecule has 7 aliphatic rings. The molecule has 1 N–H and O–H groups in total. The molecule has 6 heteroatoms. The Morgan fingerprint density at radius 2 is 2.00 bits per heavy atom. The number of carbonyl (C=O) groups is 1. The maximum absolute atomic E-state index is 12.1. The van der Waals surface area contributed by atoms with Crippen LogP contribution in [-0.2, 0) is 23.7 Å². The van der Waals surface area contributed by atoms with E-state index < -0.39 is 22.9 Å². The van der Waals surface area contributed by atoms with Gasteiger partial charge in [0.15, 0.2) is 5.60 Å². The Morgan fingerprint density at radius 1 is 1.19 bits per heavy atom. The fraction of sp³-hybridized carbons (Fsp3) is 0.850. The van der Waals surface area contributed by atoms with Gasteiger partial charge in [-0.25, -0.2) is 4.79 Å². The predicted octanol–water partition coefficient (Wildman–Crippen LogP) is 1.10. The number of fused-ring (bicyclic) bond motifs is 4. The van der Waals surface area contributed by atoms with Gasteiger partial charge >= 0.3 is 5.97 Å². The summed E-state index contributed by atoms with van der Waals surface area (Å²) in [5.41, 5.74) is 0.230. The number of cyclic esters (lactones) is 1. The molecule has 0 radical (unpaired) electrons. The van der Waals surface area contributed by atoms with Crippen LogP contribution in [0, 0.1) is 17.3 Å². The number of ether oxygens (including phenoxy) is 4. The zero-order chi connectivity index (χ0) is 17.9. The first kappa shape index (κ1) is 15.0. The third kappa shape index (κ3) is 1.14. The van der Waals surface area contributed by atoms with Gasteiger partial charge in [0, 0.05) is 11.0 Å². The molecular weight excluding hydrogens is 336 g/mol. The van der Waals surface area contributed by atoms with Gasteiger partial charge in [-0.3, -0.25) is 0 Å². The van der Waals surface area contributed by atoms with Gasteiger partial charge in [0.25, 0.3) is 0 Å². The predicted molar refractivity (Wildman–Crippen MR) is 87.1 cm³/mol. The van der Waals surface area contributed by atoms with Crippen molar-refractivity contribution in [2.24, 2.45) is 17.3 Å². The lowest BCUT2D eigenvalue weighted by Gasteiger charge is -2.53. The second kappa shape index (κ2) is 3.79. The van der Waals surface area contributed by atoms with E-state index in [2.05, 4.69) is 20.8 Å². The van der Waals surface area contributed by atoms with E-state index in [-0.39, 0.29) is 41.5 Å². The summed E-state index contributed by atoms with van der Waals surface area (Å²) in [5, 5.41) is 11.4. The topological polar surface area (TPSA) is 84.1 Å². The Labute approximate surface area is 151 Å². The molecule has 5 fully saturated rings. The van der Waals surface area contributed by atoms with Crippen molar-refractivity contribution in [3.05, 3.63) is 11.1 Å². The van der Waals surface area contributed by atoms with Crippen LogP contribution >= 0.6 is 0 Å². The van der Waals surface area contributed by atoms with Crippen LogP contribution in [-0.4, -0.2) is 58.9 Å². The monoisotopic (exact) mass is 360 g/mol. The van der Waals surface area contributed by atoms with E-state index in [0.717, 1.165) is 30.4 Å². The van der Waals surface area contributed by atoms with E-state index in [1.807, 2.05) is 0 Å². The van der Waals surface area contributed by atoms with Crippen molar-refractivity contribution in [1.29, 1.82) is 0 Å². The molecule has 3 saturated heterocycles. The Morgan fingerprint density at radius 3 is 2.77 bits per heavy atom. The molecule has 140 valence electrons. The van der Waals surface area contributed by atoms with Crippen molar-refractivity contribution in [1.82, 2.24) is 0 Å². The molecule has 0 aromatic rings. The second-order valence-electron chi connectivity index (χ2n) is 9.91. The highest BCUT2D eigenvalue weighted by Gasteiger charge is 3.00. The zero-order valence-corrected chi connectivity index (χ0v) is 15.3. The maximum atomic E-state index is 12.1. The molecule has 2 saturated carbocycles. The van der Waals surface area contributed by atoms with E-state index in [0.29, 0.717) is 6.61 Å². The molecule has 0 bridgehead atoms. The Kier molecular flexibility index (Phi) is 2.19. The highest BCUT2D eigenvalue weighted by Crippen LogP contribution is 2.82. The highest BCUT2D eigenvalue weighted by atomic mass is 16.7. The lowest BCUT2D eigenvalue weighted by molar-refractivity contribution is -0.136. The van der Waals surface area contributed by atoms with Crippen molar-refractivity contribution >= 4 is 5.97 Å². The van der Waals surface area contributed by atoms with Gasteiger partial charge in [0.05, 0.1) is 6.10 Å². The molecule has 0 aromatic heterocycles. The quantitative estimate of drug-likeness (QED) is 0.557. The zero-order valence-electron chi connectivity index (χ0n) is 15.3. The minimum Gasteiger partial charge on any atom is -0.458 e. The summed E-state index contributed by atoms with van der Waals surface area (Å²) < 4.78 is 24.3. The van der Waals surface area contributed by atoms with Gasteiger partial charge in [-0.2, -0.15) is 0 Å². The third-order valence-electron chi connectivity index (χ3n) is 9.10. The highest BCUT2D eigenvalue weighted by molar-refractivity contribution is 5.92. The van der Waals surface area contributed by atoms with Gasteiger partial charge in [0.2, 0.25) is 0 Å². The first-order chi connectivity index (χ1) is 12.3. The molecule has 3 aliphatic carbocycles. The molecule has 9 atom stereocenters. The van der Waals surface area contributed by atoms with Gasteiger partial charge in [-0.05, 0) is 36.7 Å². The number of esters is 1. The molecule has 4 heterocycles. The Hall–Kier alpha value is -0.950. The lowest BCUT2D eigenvalue weighted by atomic mass is 9.46. The van der Waals surface area contributed by atoms with Crippen molar-refractivity contribution in [3.8, 4) is 0 Å². The molecule has 1 unspecified atom stereocenters. The fourth-order valence-electron chi connectivity index (χ4n) is 7.70. The minimum atomic E-state index is -0.654. The summed E-state index contributed by atoms with van der Waals surface area (Å²) in [6, 6.07) is 0. The number of hydrogen-bond donors (Lipinski definition) is 1. The molecular formula is C20H24O6. The van der Waals surface area contributed by atoms with Gasteiger partial charge in [-0.15, -0.1) is 0 Å². The first-order valence-corrected chi connectivity index (χ1v) is 9.95. The number of rotatable bonds is 1. The first-order valence-electron chi connectivity index (χ1n) is 9.95. The largest absolute Gasteiger partial charge is 0.458 e. The van der Waals surface area contributed by atoms with E-state index in [4.69, 9.17) is 18.9 Å². The Balaban J connectivity index is 1.39. The lowest BCUT2D eigenvalue weighted by Crippen LogP contribution is -2.69. The molecule has 26 heavy (non-hydrogen) atoms.